The van der Waals surface area contributed by atoms with Gasteiger partial charge in [0.15, 0.2) is 0 Å². The predicted molar refractivity (Wildman–Crippen MR) is 134 cm³/mol. The molecule has 0 saturated heterocycles. The van der Waals surface area contributed by atoms with E-state index in [4.69, 9.17) is 4.74 Å². The summed E-state index contributed by atoms with van der Waals surface area (Å²) in [7, 11) is 1.98. The van der Waals surface area contributed by atoms with Crippen molar-refractivity contribution in [3.8, 4) is 0 Å². The van der Waals surface area contributed by atoms with E-state index in [9.17, 15) is 10.2 Å². The van der Waals surface area contributed by atoms with Gasteiger partial charge >= 0.3 is 0 Å². The Morgan fingerprint density at radius 3 is 2.27 bits per heavy atom. The van der Waals surface area contributed by atoms with Gasteiger partial charge in [-0.2, -0.15) is 0 Å². The molecule has 0 bridgehead atoms. The van der Waals surface area contributed by atoms with Gasteiger partial charge in [-0.1, -0.05) is 48.0 Å². The van der Waals surface area contributed by atoms with Crippen molar-refractivity contribution in [2.24, 2.45) is 63.6 Å². The third-order valence-corrected chi connectivity index (χ3v) is 13.2. The van der Waals surface area contributed by atoms with E-state index in [1.165, 1.54) is 51.4 Å². The van der Waals surface area contributed by atoms with Crippen LogP contribution in [-0.4, -0.2) is 35.6 Å². The Labute approximate surface area is 203 Å². The molecule has 0 unspecified atom stereocenters. The van der Waals surface area contributed by atoms with Gasteiger partial charge in [0.25, 0.3) is 0 Å². The quantitative estimate of drug-likeness (QED) is 0.468. The zero-order valence-electron chi connectivity index (χ0n) is 22.5. The molecule has 3 heteroatoms. The number of rotatable bonds is 7. The minimum absolute atomic E-state index is 0.155. The Kier molecular flexibility index (Phi) is 6.11. The lowest BCUT2D eigenvalue weighted by atomic mass is 9.45. The van der Waals surface area contributed by atoms with Crippen molar-refractivity contribution in [1.29, 1.82) is 0 Å². The standard InChI is InChI=1S/C30H52O3/c1-8-20(17(2)3)27(32)26(31)18(4)22-9-10-23-21-15-25(33-7)30-16-19(30)11-14-29(30,6)24(21)12-13-28(22,23)5/h17-27,31-32H,8-16H2,1-7H3/t18-,19+,20-,21-,22+,23-,24-,25+,26+,27+,28+,29+,30-/m0/s1. The first-order valence-corrected chi connectivity index (χ1v) is 14.5. The van der Waals surface area contributed by atoms with E-state index in [2.05, 4.69) is 41.5 Å². The predicted octanol–water partition coefficient (Wildman–Crippen LogP) is 6.31. The second kappa shape index (κ2) is 8.20. The fourth-order valence-electron chi connectivity index (χ4n) is 11.4. The maximum Gasteiger partial charge on any atom is 0.0832 e. The third kappa shape index (κ3) is 3.16. The first-order valence-electron chi connectivity index (χ1n) is 14.5. The minimum Gasteiger partial charge on any atom is -0.390 e. The second-order valence-corrected chi connectivity index (χ2v) is 14.1. The van der Waals surface area contributed by atoms with Gasteiger partial charge in [-0.05, 0) is 110 Å². The van der Waals surface area contributed by atoms with Gasteiger partial charge in [0.2, 0.25) is 0 Å². The van der Waals surface area contributed by atoms with Crippen molar-refractivity contribution < 1.29 is 14.9 Å². The number of hydrogen-bond acceptors (Lipinski definition) is 3. The highest BCUT2D eigenvalue weighted by molar-refractivity contribution is 5.26. The molecule has 13 atom stereocenters. The molecule has 0 amide bonds. The lowest BCUT2D eigenvalue weighted by Crippen LogP contribution is -2.57. The normalized spacial score (nSPS) is 51.8. The molecule has 0 heterocycles. The Bertz CT molecular complexity index is 736. The van der Waals surface area contributed by atoms with Crippen LogP contribution in [0.15, 0.2) is 0 Å². The summed E-state index contributed by atoms with van der Waals surface area (Å²) < 4.78 is 6.28. The molecule has 3 nitrogen and oxygen atoms in total. The molecule has 5 rings (SSSR count). The number of ether oxygens (including phenoxy) is 1. The van der Waals surface area contributed by atoms with Crippen molar-refractivity contribution in [2.45, 2.75) is 118 Å². The van der Waals surface area contributed by atoms with Crippen LogP contribution < -0.4 is 0 Å². The monoisotopic (exact) mass is 460 g/mol. The summed E-state index contributed by atoms with van der Waals surface area (Å²) in [6.45, 7) is 14.0. The molecule has 5 fully saturated rings. The highest BCUT2D eigenvalue weighted by Crippen LogP contribution is 2.82. The topological polar surface area (TPSA) is 49.7 Å². The number of fused-ring (bicyclic) bond motifs is 4. The van der Waals surface area contributed by atoms with Crippen LogP contribution in [0.2, 0.25) is 0 Å². The van der Waals surface area contributed by atoms with Crippen molar-refractivity contribution >= 4 is 0 Å². The summed E-state index contributed by atoms with van der Waals surface area (Å²) in [5, 5.41) is 22.5. The van der Waals surface area contributed by atoms with Gasteiger partial charge in [0.1, 0.15) is 0 Å². The van der Waals surface area contributed by atoms with Crippen molar-refractivity contribution in [3.05, 3.63) is 0 Å². The van der Waals surface area contributed by atoms with Gasteiger partial charge in [-0.15, -0.1) is 0 Å². The molecule has 1 spiro atoms. The number of aliphatic hydroxyl groups is 2. The summed E-state index contributed by atoms with van der Waals surface area (Å²) >= 11 is 0. The molecule has 0 aromatic heterocycles. The van der Waals surface area contributed by atoms with Crippen LogP contribution in [0.1, 0.15) is 99.3 Å². The Balaban J connectivity index is 1.37. The van der Waals surface area contributed by atoms with Gasteiger partial charge in [-0.3, -0.25) is 0 Å². The van der Waals surface area contributed by atoms with E-state index in [1.54, 1.807) is 0 Å². The van der Waals surface area contributed by atoms with Crippen molar-refractivity contribution in [2.75, 3.05) is 7.11 Å². The Morgan fingerprint density at radius 1 is 0.939 bits per heavy atom. The molecule has 5 aliphatic rings. The molecule has 0 aliphatic heterocycles. The van der Waals surface area contributed by atoms with Crippen molar-refractivity contribution in [3.63, 3.8) is 0 Å². The molecule has 5 aliphatic carbocycles. The average molecular weight is 461 g/mol. The number of methoxy groups -OCH3 is 1. The summed E-state index contributed by atoms with van der Waals surface area (Å²) in [5.74, 6) is 4.57. The minimum atomic E-state index is -0.614. The molecular formula is C30H52O3. The number of hydrogen-bond donors (Lipinski definition) is 2. The van der Waals surface area contributed by atoms with Gasteiger partial charge in [0.05, 0.1) is 18.3 Å². The fraction of sp³-hybridized carbons (Fsp3) is 1.00. The highest BCUT2D eigenvalue weighted by atomic mass is 16.5. The Morgan fingerprint density at radius 2 is 1.67 bits per heavy atom. The van der Waals surface area contributed by atoms with E-state index in [0.717, 1.165) is 30.1 Å². The number of aliphatic hydroxyl groups excluding tert-OH is 2. The lowest BCUT2D eigenvalue weighted by molar-refractivity contribution is -0.164. The van der Waals surface area contributed by atoms with E-state index < -0.39 is 12.2 Å². The van der Waals surface area contributed by atoms with Gasteiger partial charge in [0, 0.05) is 12.5 Å². The molecule has 0 aromatic rings. The maximum atomic E-state index is 11.3. The van der Waals surface area contributed by atoms with E-state index >= 15 is 0 Å². The molecule has 33 heavy (non-hydrogen) atoms. The maximum absolute atomic E-state index is 11.3. The summed E-state index contributed by atoms with van der Waals surface area (Å²) in [5.41, 5.74) is 1.27. The third-order valence-electron chi connectivity index (χ3n) is 13.2. The van der Waals surface area contributed by atoms with Crippen LogP contribution in [0.3, 0.4) is 0 Å². The summed E-state index contributed by atoms with van der Waals surface area (Å²) in [6, 6.07) is 0. The summed E-state index contributed by atoms with van der Waals surface area (Å²) in [4.78, 5) is 0. The van der Waals surface area contributed by atoms with Gasteiger partial charge < -0.3 is 14.9 Å². The lowest BCUT2D eigenvalue weighted by Gasteiger charge is -2.61. The summed E-state index contributed by atoms with van der Waals surface area (Å²) in [6.07, 6.45) is 10.9. The van der Waals surface area contributed by atoms with Gasteiger partial charge in [-0.25, -0.2) is 0 Å². The van der Waals surface area contributed by atoms with E-state index in [-0.39, 0.29) is 11.8 Å². The average Bonchev–Trinajstić information content (AvgIpc) is 3.29. The smallest absolute Gasteiger partial charge is 0.0832 e. The first kappa shape index (κ1) is 24.6. The molecule has 0 radical (unpaired) electrons. The molecule has 5 saturated carbocycles. The molecular weight excluding hydrogens is 408 g/mol. The zero-order valence-corrected chi connectivity index (χ0v) is 22.5. The second-order valence-electron chi connectivity index (χ2n) is 14.1. The molecule has 190 valence electrons. The SMILES string of the molecule is CC[C@@H](C(C)C)[C@@H](O)[C@H](O)[C@@H](C)[C@H]1CC[C@H]2[C@@H]3C[C@@H](OC)[C@]45C[C@H]4CC[C@]5(C)[C@H]3CC[C@]12C. The zero-order chi connectivity index (χ0) is 23.9. The molecule has 0 aromatic carbocycles. The van der Waals surface area contributed by atoms with Crippen LogP contribution in [0, 0.1) is 63.6 Å². The highest BCUT2D eigenvalue weighted by Gasteiger charge is 2.77. The van der Waals surface area contributed by atoms with Crippen LogP contribution in [0.5, 0.6) is 0 Å². The fourth-order valence-corrected chi connectivity index (χ4v) is 11.4. The van der Waals surface area contributed by atoms with Crippen LogP contribution in [0.25, 0.3) is 0 Å². The van der Waals surface area contributed by atoms with Crippen LogP contribution in [0.4, 0.5) is 0 Å². The Hall–Kier alpha value is -0.120. The first-order chi connectivity index (χ1) is 15.6. The molecule has 2 N–H and O–H groups in total. The van der Waals surface area contributed by atoms with E-state index in [1.807, 2.05) is 7.11 Å². The largest absolute Gasteiger partial charge is 0.390 e. The van der Waals surface area contributed by atoms with E-state index in [0.29, 0.717) is 34.2 Å². The van der Waals surface area contributed by atoms with Crippen LogP contribution in [-0.2, 0) is 4.74 Å². The van der Waals surface area contributed by atoms with Crippen LogP contribution >= 0.6 is 0 Å². The van der Waals surface area contributed by atoms with Crippen molar-refractivity contribution in [1.82, 2.24) is 0 Å².